The molecule has 0 aliphatic carbocycles. The predicted octanol–water partition coefficient (Wildman–Crippen LogP) is 2.90. The number of nitrogens with zero attached hydrogens (tertiary/aromatic N) is 2. The standard InChI is InChI=1S/C15H18F3N3O3S/c1-4-11-10(14(24-3)21(2)20-11)9-19-12-7-5-6-8-13(12)25(22,23)15(16,17)18/h5-8,19H,4,9H2,1-3H3. The molecule has 1 aromatic carbocycles. The van der Waals surface area contributed by atoms with Crippen molar-refractivity contribution in [1.82, 2.24) is 9.78 Å². The van der Waals surface area contributed by atoms with Gasteiger partial charge in [-0.3, -0.25) is 0 Å². The number of sulfone groups is 1. The van der Waals surface area contributed by atoms with Crippen LogP contribution in [0.25, 0.3) is 0 Å². The van der Waals surface area contributed by atoms with Crippen LogP contribution in [0.1, 0.15) is 18.2 Å². The minimum absolute atomic E-state index is 0.0740. The molecule has 1 N–H and O–H groups in total. The van der Waals surface area contributed by atoms with Crippen LogP contribution in [0.4, 0.5) is 18.9 Å². The van der Waals surface area contributed by atoms with E-state index in [0.717, 1.165) is 6.07 Å². The molecule has 0 saturated carbocycles. The highest BCUT2D eigenvalue weighted by Crippen LogP contribution is 2.34. The van der Waals surface area contributed by atoms with Crippen LogP contribution in [0.3, 0.4) is 0 Å². The van der Waals surface area contributed by atoms with Gasteiger partial charge < -0.3 is 10.1 Å². The first kappa shape index (κ1) is 19.1. The summed E-state index contributed by atoms with van der Waals surface area (Å²) in [6, 6.07) is 4.91. The Hall–Kier alpha value is -2.23. The molecular formula is C15H18F3N3O3S. The third-order valence-electron chi connectivity index (χ3n) is 3.64. The number of ether oxygens (including phenoxy) is 1. The molecule has 2 aromatic rings. The fraction of sp³-hybridized carbons (Fsp3) is 0.400. The van der Waals surface area contributed by atoms with E-state index in [1.165, 1.54) is 30.0 Å². The lowest BCUT2D eigenvalue weighted by Gasteiger charge is -2.14. The van der Waals surface area contributed by atoms with E-state index in [0.29, 0.717) is 23.6 Å². The van der Waals surface area contributed by atoms with Crippen molar-refractivity contribution in [2.45, 2.75) is 30.3 Å². The van der Waals surface area contributed by atoms with E-state index in [1.807, 2.05) is 6.92 Å². The molecule has 6 nitrogen and oxygen atoms in total. The molecule has 0 bridgehead atoms. The molecule has 25 heavy (non-hydrogen) atoms. The van der Waals surface area contributed by atoms with Gasteiger partial charge in [-0.1, -0.05) is 19.1 Å². The number of benzene rings is 1. The average Bonchev–Trinajstić information content (AvgIpc) is 2.86. The van der Waals surface area contributed by atoms with E-state index in [4.69, 9.17) is 4.74 Å². The first-order valence-corrected chi connectivity index (χ1v) is 8.84. The summed E-state index contributed by atoms with van der Waals surface area (Å²) in [7, 11) is -2.31. The molecule has 0 saturated heterocycles. The maximum absolute atomic E-state index is 12.9. The highest BCUT2D eigenvalue weighted by molar-refractivity contribution is 7.92. The van der Waals surface area contributed by atoms with Crippen molar-refractivity contribution in [3.8, 4) is 5.88 Å². The van der Waals surface area contributed by atoms with Crippen molar-refractivity contribution in [3.05, 3.63) is 35.5 Å². The van der Waals surface area contributed by atoms with E-state index < -0.39 is 20.2 Å². The number of hydrogen-bond acceptors (Lipinski definition) is 5. The second-order valence-corrected chi connectivity index (χ2v) is 7.12. The maximum atomic E-state index is 12.9. The summed E-state index contributed by atoms with van der Waals surface area (Å²) in [6.45, 7) is 1.96. The van der Waals surface area contributed by atoms with Gasteiger partial charge in [-0.25, -0.2) is 13.1 Å². The van der Waals surface area contributed by atoms with Crippen LogP contribution in [0, 0.1) is 0 Å². The highest BCUT2D eigenvalue weighted by Gasteiger charge is 2.47. The van der Waals surface area contributed by atoms with Crippen molar-refractivity contribution < 1.29 is 26.3 Å². The average molecular weight is 377 g/mol. The second-order valence-electron chi connectivity index (χ2n) is 5.21. The van der Waals surface area contributed by atoms with Crippen LogP contribution < -0.4 is 10.1 Å². The largest absolute Gasteiger partial charge is 0.501 e. The van der Waals surface area contributed by atoms with Gasteiger partial charge in [0, 0.05) is 13.6 Å². The van der Waals surface area contributed by atoms with Crippen LogP contribution in [0.5, 0.6) is 5.88 Å². The third-order valence-corrected chi connectivity index (χ3v) is 5.18. The maximum Gasteiger partial charge on any atom is 0.501 e. The van der Waals surface area contributed by atoms with Crippen LogP contribution >= 0.6 is 0 Å². The first-order chi connectivity index (χ1) is 11.6. The molecule has 0 amide bonds. The summed E-state index contributed by atoms with van der Waals surface area (Å²) in [5, 5.41) is 7.03. The Balaban J connectivity index is 2.39. The monoisotopic (exact) mass is 377 g/mol. The normalized spacial score (nSPS) is 12.2. The van der Waals surface area contributed by atoms with Crippen molar-refractivity contribution >= 4 is 15.5 Å². The molecule has 0 unspecified atom stereocenters. The Labute approximate surface area is 143 Å². The molecule has 0 fully saturated rings. The van der Waals surface area contributed by atoms with Crippen LogP contribution in [0.2, 0.25) is 0 Å². The second kappa shape index (κ2) is 6.95. The summed E-state index contributed by atoms with van der Waals surface area (Å²) < 4.78 is 68.8. The summed E-state index contributed by atoms with van der Waals surface area (Å²) >= 11 is 0. The molecule has 0 aliphatic rings. The Morgan fingerprint density at radius 3 is 2.48 bits per heavy atom. The molecule has 1 aromatic heterocycles. The van der Waals surface area contributed by atoms with E-state index in [2.05, 4.69) is 10.4 Å². The Bertz CT molecular complexity index is 861. The number of halogens is 3. The minimum Gasteiger partial charge on any atom is -0.481 e. The van der Waals surface area contributed by atoms with Gasteiger partial charge >= 0.3 is 5.51 Å². The highest BCUT2D eigenvalue weighted by atomic mass is 32.2. The SMILES string of the molecule is CCc1nn(C)c(OC)c1CNc1ccccc1S(=O)(=O)C(F)(F)F. The smallest absolute Gasteiger partial charge is 0.481 e. The number of methoxy groups -OCH3 is 1. The van der Waals surface area contributed by atoms with E-state index in [-0.39, 0.29) is 12.2 Å². The Morgan fingerprint density at radius 1 is 1.28 bits per heavy atom. The number of aryl methyl sites for hydroxylation is 2. The molecular weight excluding hydrogens is 359 g/mol. The van der Waals surface area contributed by atoms with Crippen LogP contribution in [-0.4, -0.2) is 30.8 Å². The van der Waals surface area contributed by atoms with E-state index in [1.54, 1.807) is 7.05 Å². The quantitative estimate of drug-likeness (QED) is 0.838. The van der Waals surface area contributed by atoms with Crippen molar-refractivity contribution in [3.63, 3.8) is 0 Å². The van der Waals surface area contributed by atoms with E-state index in [9.17, 15) is 21.6 Å². The summed E-state index contributed by atoms with van der Waals surface area (Å²) in [6.07, 6.45) is 0.594. The van der Waals surface area contributed by atoms with Gasteiger partial charge in [-0.15, -0.1) is 0 Å². The number of aromatic nitrogens is 2. The molecule has 10 heteroatoms. The van der Waals surface area contributed by atoms with Crippen molar-refractivity contribution in [2.24, 2.45) is 7.05 Å². The molecule has 0 aliphatic heterocycles. The summed E-state index contributed by atoms with van der Waals surface area (Å²) in [5.74, 6) is 0.459. The first-order valence-electron chi connectivity index (χ1n) is 7.36. The van der Waals surface area contributed by atoms with Gasteiger partial charge in [0.15, 0.2) is 0 Å². The van der Waals surface area contributed by atoms with Gasteiger partial charge in [0.2, 0.25) is 5.88 Å². The fourth-order valence-electron chi connectivity index (χ4n) is 2.48. The zero-order valence-corrected chi connectivity index (χ0v) is 14.7. The van der Waals surface area contributed by atoms with Crippen molar-refractivity contribution in [1.29, 1.82) is 0 Å². The topological polar surface area (TPSA) is 73.2 Å². The number of rotatable bonds is 6. The molecule has 0 spiro atoms. The number of nitrogens with one attached hydrogen (secondary N) is 1. The third kappa shape index (κ3) is 3.58. The summed E-state index contributed by atoms with van der Waals surface area (Å²) in [4.78, 5) is -0.816. The number of anilines is 1. The molecule has 1 heterocycles. The number of para-hydroxylation sites is 1. The van der Waals surface area contributed by atoms with Gasteiger partial charge in [0.25, 0.3) is 9.84 Å². The lowest BCUT2D eigenvalue weighted by Crippen LogP contribution is -2.24. The Morgan fingerprint density at radius 2 is 1.92 bits per heavy atom. The zero-order chi connectivity index (χ0) is 18.8. The molecule has 138 valence electrons. The fourth-order valence-corrected chi connectivity index (χ4v) is 3.41. The van der Waals surface area contributed by atoms with Gasteiger partial charge in [-0.05, 0) is 18.6 Å². The summed E-state index contributed by atoms with van der Waals surface area (Å²) in [5.41, 5.74) is -4.13. The molecule has 0 radical (unpaired) electrons. The van der Waals surface area contributed by atoms with Gasteiger partial charge in [-0.2, -0.15) is 18.3 Å². The van der Waals surface area contributed by atoms with E-state index >= 15 is 0 Å². The van der Waals surface area contributed by atoms with Crippen LogP contribution in [-0.2, 0) is 29.9 Å². The number of alkyl halides is 3. The zero-order valence-electron chi connectivity index (χ0n) is 13.9. The number of hydrogen-bond donors (Lipinski definition) is 1. The molecule has 2 rings (SSSR count). The Kier molecular flexibility index (Phi) is 5.31. The lowest BCUT2D eigenvalue weighted by atomic mass is 10.2. The van der Waals surface area contributed by atoms with Crippen molar-refractivity contribution in [2.75, 3.05) is 12.4 Å². The minimum atomic E-state index is -5.45. The molecule has 0 atom stereocenters. The predicted molar refractivity (Wildman–Crippen MR) is 86.1 cm³/mol. The van der Waals surface area contributed by atoms with Gasteiger partial charge in [0.05, 0.1) is 29.0 Å². The van der Waals surface area contributed by atoms with Crippen LogP contribution in [0.15, 0.2) is 29.2 Å². The van der Waals surface area contributed by atoms with Gasteiger partial charge in [0.1, 0.15) is 0 Å². The lowest BCUT2D eigenvalue weighted by molar-refractivity contribution is -0.0435.